The number of hydrogen-bond donors (Lipinski definition) is 0. The van der Waals surface area contributed by atoms with Crippen LogP contribution in [0.15, 0.2) is 24.3 Å². The average Bonchev–Trinajstić information content (AvgIpc) is 2.57. The normalized spacial score (nSPS) is 38.5. The summed E-state index contributed by atoms with van der Waals surface area (Å²) in [4.78, 5) is 0. The van der Waals surface area contributed by atoms with Gasteiger partial charge in [0.2, 0.25) is 0 Å². The second-order valence-corrected chi connectivity index (χ2v) is 4.53. The third kappa shape index (κ3) is 1.40. The Labute approximate surface area is 90.2 Å². The van der Waals surface area contributed by atoms with Crippen molar-refractivity contribution in [1.29, 1.82) is 0 Å². The van der Waals surface area contributed by atoms with E-state index < -0.39 is 0 Å². The Hall–Kier alpha value is -0.860. The van der Waals surface area contributed by atoms with Gasteiger partial charge >= 0.3 is 0 Å². The highest BCUT2D eigenvalue weighted by atomic mass is 16.7. The molecule has 1 heterocycles. The number of ether oxygens (including phenoxy) is 2. The molecule has 1 aromatic carbocycles. The van der Waals surface area contributed by atoms with Gasteiger partial charge in [0, 0.05) is 5.92 Å². The Balaban J connectivity index is 1.98. The summed E-state index contributed by atoms with van der Waals surface area (Å²) < 4.78 is 11.6. The molecule has 0 bridgehead atoms. The molecule has 0 unspecified atom stereocenters. The minimum absolute atomic E-state index is 0.0765. The van der Waals surface area contributed by atoms with Crippen LogP contribution in [0.3, 0.4) is 0 Å². The average molecular weight is 204 g/mol. The van der Waals surface area contributed by atoms with Crippen LogP contribution < -0.4 is 0 Å². The smallest absolute Gasteiger partial charge is 0.156 e. The van der Waals surface area contributed by atoms with E-state index >= 15 is 0 Å². The van der Waals surface area contributed by atoms with E-state index in [0.29, 0.717) is 12.0 Å². The summed E-state index contributed by atoms with van der Waals surface area (Å²) in [5, 5.41) is 0. The highest BCUT2D eigenvalue weighted by Gasteiger charge is 2.41. The Kier molecular flexibility index (Phi) is 2.08. The summed E-state index contributed by atoms with van der Waals surface area (Å²) in [5.41, 5.74) is 2.79. The van der Waals surface area contributed by atoms with Gasteiger partial charge in [0.05, 0.1) is 12.2 Å². The highest BCUT2D eigenvalue weighted by Crippen LogP contribution is 2.44. The van der Waals surface area contributed by atoms with E-state index in [1.165, 1.54) is 11.1 Å². The summed E-state index contributed by atoms with van der Waals surface area (Å²) in [7, 11) is 0. The van der Waals surface area contributed by atoms with Gasteiger partial charge in [-0.3, -0.25) is 0 Å². The van der Waals surface area contributed by atoms with Crippen LogP contribution in [-0.2, 0) is 15.9 Å². The molecule has 0 radical (unpaired) electrons. The minimum Gasteiger partial charge on any atom is -0.350 e. The van der Waals surface area contributed by atoms with Gasteiger partial charge in [-0.25, -0.2) is 0 Å². The molecule has 15 heavy (non-hydrogen) atoms. The first-order valence-electron chi connectivity index (χ1n) is 5.64. The van der Waals surface area contributed by atoms with E-state index in [-0.39, 0.29) is 12.4 Å². The number of fused-ring (bicyclic) bond motifs is 3. The molecule has 1 aliphatic carbocycles. The Morgan fingerprint density at radius 3 is 2.80 bits per heavy atom. The van der Waals surface area contributed by atoms with Crippen molar-refractivity contribution in [2.75, 3.05) is 0 Å². The third-order valence-corrected chi connectivity index (χ3v) is 3.55. The molecule has 80 valence electrons. The van der Waals surface area contributed by atoms with Crippen LogP contribution in [0.25, 0.3) is 0 Å². The van der Waals surface area contributed by atoms with E-state index in [0.717, 1.165) is 6.42 Å². The first-order valence-corrected chi connectivity index (χ1v) is 5.64. The monoisotopic (exact) mass is 204 g/mol. The molecule has 0 saturated carbocycles. The van der Waals surface area contributed by atoms with Crippen LogP contribution in [0.2, 0.25) is 0 Å². The fourth-order valence-corrected chi connectivity index (χ4v) is 2.82. The molecule has 1 saturated heterocycles. The lowest BCUT2D eigenvalue weighted by molar-refractivity contribution is -0.254. The Morgan fingerprint density at radius 1 is 1.13 bits per heavy atom. The maximum Gasteiger partial charge on any atom is 0.156 e. The second kappa shape index (κ2) is 3.32. The van der Waals surface area contributed by atoms with Crippen LogP contribution in [0, 0.1) is 5.92 Å². The Morgan fingerprint density at radius 2 is 1.93 bits per heavy atom. The fourth-order valence-electron chi connectivity index (χ4n) is 2.82. The molecular weight excluding hydrogens is 188 g/mol. The lowest BCUT2D eigenvalue weighted by Crippen LogP contribution is -2.37. The molecule has 0 aromatic heterocycles. The summed E-state index contributed by atoms with van der Waals surface area (Å²) in [6.07, 6.45) is 1.56. The van der Waals surface area contributed by atoms with Gasteiger partial charge < -0.3 is 9.47 Å². The molecule has 0 N–H and O–H groups in total. The van der Waals surface area contributed by atoms with Gasteiger partial charge in [0.15, 0.2) is 6.29 Å². The molecule has 1 aromatic rings. The van der Waals surface area contributed by atoms with Crippen LogP contribution in [0.5, 0.6) is 0 Å². The molecule has 2 heteroatoms. The molecule has 1 aliphatic heterocycles. The largest absolute Gasteiger partial charge is 0.350 e. The van der Waals surface area contributed by atoms with Crippen molar-refractivity contribution < 1.29 is 9.47 Å². The van der Waals surface area contributed by atoms with Crippen LogP contribution in [-0.4, -0.2) is 12.4 Å². The lowest BCUT2D eigenvalue weighted by atomic mass is 9.96. The van der Waals surface area contributed by atoms with E-state index in [1.54, 1.807) is 0 Å². The van der Waals surface area contributed by atoms with Gasteiger partial charge in [-0.2, -0.15) is 0 Å². The van der Waals surface area contributed by atoms with Crippen molar-refractivity contribution in [3.8, 4) is 0 Å². The Bertz CT molecular complexity index is 375. The van der Waals surface area contributed by atoms with Crippen LogP contribution >= 0.6 is 0 Å². The topological polar surface area (TPSA) is 18.5 Å². The number of benzene rings is 1. The maximum absolute atomic E-state index is 5.88. The molecule has 1 fully saturated rings. The SMILES string of the molecule is C[C@@H]1O[C@@H](C)[C@H]2Cc3ccccc3[C@@H]2O1. The first-order chi connectivity index (χ1) is 7.25. The van der Waals surface area contributed by atoms with E-state index in [2.05, 4.69) is 31.2 Å². The first kappa shape index (κ1) is 9.37. The van der Waals surface area contributed by atoms with Gasteiger partial charge in [0.25, 0.3) is 0 Å². The predicted octanol–water partition coefficient (Wildman–Crippen LogP) is 2.68. The van der Waals surface area contributed by atoms with Gasteiger partial charge in [-0.05, 0) is 31.4 Å². The quantitative estimate of drug-likeness (QED) is 0.647. The zero-order chi connectivity index (χ0) is 10.4. The zero-order valence-corrected chi connectivity index (χ0v) is 9.14. The van der Waals surface area contributed by atoms with Gasteiger partial charge in [0.1, 0.15) is 0 Å². The summed E-state index contributed by atoms with van der Waals surface area (Å²) >= 11 is 0. The highest BCUT2D eigenvalue weighted by molar-refractivity contribution is 5.35. The van der Waals surface area contributed by atoms with Crippen LogP contribution in [0.4, 0.5) is 0 Å². The number of rotatable bonds is 0. The molecule has 0 spiro atoms. The fraction of sp³-hybridized carbons (Fsp3) is 0.538. The maximum atomic E-state index is 5.88. The minimum atomic E-state index is -0.0765. The van der Waals surface area contributed by atoms with Crippen molar-refractivity contribution in [2.45, 2.75) is 38.8 Å². The van der Waals surface area contributed by atoms with E-state index in [4.69, 9.17) is 9.47 Å². The predicted molar refractivity (Wildman–Crippen MR) is 57.5 cm³/mol. The summed E-state index contributed by atoms with van der Waals surface area (Å²) in [5.74, 6) is 0.499. The molecule has 2 nitrogen and oxygen atoms in total. The van der Waals surface area contributed by atoms with E-state index in [9.17, 15) is 0 Å². The zero-order valence-electron chi connectivity index (χ0n) is 9.14. The number of hydrogen-bond acceptors (Lipinski definition) is 2. The van der Waals surface area contributed by atoms with Gasteiger partial charge in [-0.1, -0.05) is 24.3 Å². The van der Waals surface area contributed by atoms with Crippen molar-refractivity contribution >= 4 is 0 Å². The van der Waals surface area contributed by atoms with Crippen molar-refractivity contribution in [3.05, 3.63) is 35.4 Å². The molecule has 3 rings (SSSR count). The molecule has 2 aliphatic rings. The van der Waals surface area contributed by atoms with Crippen molar-refractivity contribution in [2.24, 2.45) is 5.92 Å². The molecular formula is C13H16O2. The van der Waals surface area contributed by atoms with E-state index in [1.807, 2.05) is 6.92 Å². The van der Waals surface area contributed by atoms with Gasteiger partial charge in [-0.15, -0.1) is 0 Å². The summed E-state index contributed by atoms with van der Waals surface area (Å²) in [6, 6.07) is 8.58. The third-order valence-electron chi connectivity index (χ3n) is 3.55. The second-order valence-electron chi connectivity index (χ2n) is 4.53. The molecule has 0 amide bonds. The van der Waals surface area contributed by atoms with Crippen molar-refractivity contribution in [3.63, 3.8) is 0 Å². The summed E-state index contributed by atoms with van der Waals surface area (Å²) in [6.45, 7) is 4.14. The standard InChI is InChI=1S/C13H16O2/c1-8-12-7-10-5-3-4-6-11(10)13(12)15-9(2)14-8/h3-6,8-9,12-13H,7H2,1-2H3/t8-,9+,12+,13-/m0/s1. The van der Waals surface area contributed by atoms with Crippen LogP contribution in [0.1, 0.15) is 31.1 Å². The lowest BCUT2D eigenvalue weighted by Gasteiger charge is -2.36. The van der Waals surface area contributed by atoms with Crippen molar-refractivity contribution in [1.82, 2.24) is 0 Å². The molecule has 4 atom stereocenters.